The molecule has 3 aromatic rings. The average Bonchev–Trinajstić information content (AvgIpc) is 3.17. The lowest BCUT2D eigenvalue weighted by Crippen LogP contribution is -2.21. The summed E-state index contributed by atoms with van der Waals surface area (Å²) < 4.78 is 16.8. The van der Waals surface area contributed by atoms with Gasteiger partial charge in [0.05, 0.1) is 38.3 Å². The molecule has 30 heavy (non-hydrogen) atoms. The summed E-state index contributed by atoms with van der Waals surface area (Å²) >= 11 is 1.16. The van der Waals surface area contributed by atoms with Crippen molar-refractivity contribution in [2.45, 2.75) is 23.9 Å². The van der Waals surface area contributed by atoms with Crippen LogP contribution in [0.5, 0.6) is 11.5 Å². The zero-order valence-electron chi connectivity index (χ0n) is 16.7. The first-order valence-electron chi connectivity index (χ1n) is 9.23. The molecule has 10 heteroatoms. The van der Waals surface area contributed by atoms with Crippen molar-refractivity contribution in [1.82, 2.24) is 19.6 Å². The number of nitrogens with zero attached hydrogens (tertiary/aromatic N) is 4. The van der Waals surface area contributed by atoms with Crippen LogP contribution in [0, 0.1) is 0 Å². The van der Waals surface area contributed by atoms with Crippen LogP contribution in [0.1, 0.15) is 34.0 Å². The maximum absolute atomic E-state index is 12.8. The lowest BCUT2D eigenvalue weighted by atomic mass is 9.82. The molecule has 0 unspecified atom stereocenters. The van der Waals surface area contributed by atoms with Crippen molar-refractivity contribution in [1.29, 1.82) is 0 Å². The Morgan fingerprint density at radius 3 is 2.70 bits per heavy atom. The number of carbonyl (C=O) groups is 2. The molecule has 1 aromatic carbocycles. The largest absolute Gasteiger partial charge is 0.493 e. The molecule has 0 amide bonds. The first-order chi connectivity index (χ1) is 14.5. The number of aromatic nitrogens is 4. The van der Waals surface area contributed by atoms with Crippen molar-refractivity contribution < 1.29 is 23.8 Å². The van der Waals surface area contributed by atoms with E-state index in [9.17, 15) is 9.59 Å². The van der Waals surface area contributed by atoms with Crippen molar-refractivity contribution in [3.05, 3.63) is 41.2 Å². The van der Waals surface area contributed by atoms with Crippen LogP contribution in [0.25, 0.3) is 5.78 Å². The van der Waals surface area contributed by atoms with Gasteiger partial charge in [-0.3, -0.25) is 9.59 Å². The van der Waals surface area contributed by atoms with E-state index < -0.39 is 0 Å². The third-order valence-electron chi connectivity index (χ3n) is 4.99. The van der Waals surface area contributed by atoms with E-state index in [1.54, 1.807) is 20.4 Å². The molecule has 1 aliphatic carbocycles. The average molecular weight is 428 g/mol. The number of hydrogen-bond acceptors (Lipinski definition) is 9. The summed E-state index contributed by atoms with van der Waals surface area (Å²) in [5.74, 6) is 1.39. The Morgan fingerprint density at radius 1 is 1.17 bits per heavy atom. The molecule has 1 atom stereocenters. The summed E-state index contributed by atoms with van der Waals surface area (Å²) in [6.45, 7) is 0. The molecule has 4 rings (SSSR count). The SMILES string of the molecule is COC(=O)CSc1nc2nc3c(cn2n1)C(=O)C[C@H](c1ccc(OC)c(OC)c1)C3. The highest BCUT2D eigenvalue weighted by molar-refractivity contribution is 7.99. The molecule has 0 spiro atoms. The third-order valence-corrected chi connectivity index (χ3v) is 5.80. The van der Waals surface area contributed by atoms with E-state index >= 15 is 0 Å². The second-order valence-electron chi connectivity index (χ2n) is 6.75. The van der Waals surface area contributed by atoms with Gasteiger partial charge >= 0.3 is 5.97 Å². The molecule has 2 heterocycles. The van der Waals surface area contributed by atoms with Crippen LogP contribution >= 0.6 is 11.8 Å². The predicted octanol–water partition coefficient (Wildman–Crippen LogP) is 2.32. The van der Waals surface area contributed by atoms with E-state index in [2.05, 4.69) is 19.8 Å². The zero-order valence-corrected chi connectivity index (χ0v) is 17.6. The lowest BCUT2D eigenvalue weighted by molar-refractivity contribution is -0.137. The molecule has 9 nitrogen and oxygen atoms in total. The van der Waals surface area contributed by atoms with Gasteiger partial charge in [-0.25, -0.2) is 9.50 Å². The summed E-state index contributed by atoms with van der Waals surface area (Å²) in [6.07, 6.45) is 2.64. The molecule has 0 saturated heterocycles. The van der Waals surface area contributed by atoms with Gasteiger partial charge in [0.1, 0.15) is 0 Å². The quantitative estimate of drug-likeness (QED) is 0.432. The minimum absolute atomic E-state index is 0.00435. The van der Waals surface area contributed by atoms with Gasteiger partial charge in [0, 0.05) is 12.6 Å². The topological polar surface area (TPSA) is 105 Å². The molecule has 0 aliphatic heterocycles. The Morgan fingerprint density at radius 2 is 1.97 bits per heavy atom. The van der Waals surface area contributed by atoms with E-state index in [0.717, 1.165) is 17.3 Å². The number of hydrogen-bond donors (Lipinski definition) is 0. The van der Waals surface area contributed by atoms with Gasteiger partial charge < -0.3 is 14.2 Å². The maximum atomic E-state index is 12.8. The number of fused-ring (bicyclic) bond motifs is 2. The fourth-order valence-corrected chi connectivity index (χ4v) is 4.11. The molecule has 0 radical (unpaired) electrons. The Labute approximate surface area is 176 Å². The van der Waals surface area contributed by atoms with Gasteiger partial charge in [0.25, 0.3) is 5.78 Å². The van der Waals surface area contributed by atoms with Crippen molar-refractivity contribution in [3.8, 4) is 11.5 Å². The molecular weight excluding hydrogens is 408 g/mol. The van der Waals surface area contributed by atoms with Crippen LogP contribution in [0.3, 0.4) is 0 Å². The highest BCUT2D eigenvalue weighted by Gasteiger charge is 2.29. The Hall–Kier alpha value is -3.14. The highest BCUT2D eigenvalue weighted by atomic mass is 32.2. The first kappa shape index (κ1) is 20.1. The standard InChI is InChI=1S/C20H20N4O5S/c1-27-16-5-4-11(8-17(16)28-2)12-6-14-13(15(25)7-12)9-24-19(21-14)22-20(23-24)30-10-18(26)29-3/h4-5,8-9,12H,6-7,10H2,1-3H3/t12-/m1/s1. The second-order valence-corrected chi connectivity index (χ2v) is 7.69. The second kappa shape index (κ2) is 8.31. The van der Waals surface area contributed by atoms with Crippen molar-refractivity contribution in [3.63, 3.8) is 0 Å². The van der Waals surface area contributed by atoms with Crippen LogP contribution in [0.15, 0.2) is 29.6 Å². The predicted molar refractivity (Wildman–Crippen MR) is 108 cm³/mol. The molecule has 1 aliphatic rings. The monoisotopic (exact) mass is 428 g/mol. The van der Waals surface area contributed by atoms with E-state index in [1.165, 1.54) is 11.6 Å². The number of esters is 1. The number of ether oxygens (including phenoxy) is 3. The lowest BCUT2D eigenvalue weighted by Gasteiger charge is -2.23. The van der Waals surface area contributed by atoms with Crippen molar-refractivity contribution in [2.24, 2.45) is 0 Å². The number of Topliss-reactive ketones (excluding diaryl/α,β-unsaturated/α-hetero) is 1. The Kier molecular flexibility index (Phi) is 5.58. The number of methoxy groups -OCH3 is 3. The van der Waals surface area contributed by atoms with Crippen LogP contribution in [0.4, 0.5) is 0 Å². The summed E-state index contributed by atoms with van der Waals surface area (Å²) in [5, 5.41) is 4.70. The molecule has 0 bridgehead atoms. The number of rotatable bonds is 6. The molecule has 0 fully saturated rings. The number of ketones is 1. The van der Waals surface area contributed by atoms with Crippen LogP contribution in [-0.4, -0.2) is 58.4 Å². The summed E-state index contributed by atoms with van der Waals surface area (Å²) in [5.41, 5.74) is 2.23. The van der Waals surface area contributed by atoms with E-state index in [-0.39, 0.29) is 23.4 Å². The van der Waals surface area contributed by atoms with E-state index in [4.69, 9.17) is 9.47 Å². The molecule has 0 N–H and O–H groups in total. The zero-order chi connectivity index (χ0) is 21.3. The molecule has 0 saturated carbocycles. The smallest absolute Gasteiger partial charge is 0.316 e. The van der Waals surface area contributed by atoms with Crippen molar-refractivity contribution in [2.75, 3.05) is 27.1 Å². The molecule has 2 aromatic heterocycles. The summed E-state index contributed by atoms with van der Waals surface area (Å²) in [7, 11) is 4.50. The van der Waals surface area contributed by atoms with Gasteiger partial charge in [-0.05, 0) is 30.0 Å². The first-order valence-corrected chi connectivity index (χ1v) is 10.2. The molecular formula is C20H20N4O5S. The van der Waals surface area contributed by atoms with Crippen LogP contribution < -0.4 is 9.47 Å². The fraction of sp³-hybridized carbons (Fsp3) is 0.350. The third kappa shape index (κ3) is 3.82. The fourth-order valence-electron chi connectivity index (χ4n) is 3.45. The van der Waals surface area contributed by atoms with Gasteiger partial charge in [-0.1, -0.05) is 17.8 Å². The van der Waals surface area contributed by atoms with Gasteiger partial charge in [0.2, 0.25) is 5.16 Å². The minimum Gasteiger partial charge on any atom is -0.493 e. The number of benzene rings is 1. The van der Waals surface area contributed by atoms with Crippen LogP contribution in [-0.2, 0) is 16.0 Å². The van der Waals surface area contributed by atoms with Crippen molar-refractivity contribution >= 4 is 29.3 Å². The van der Waals surface area contributed by atoms with Gasteiger partial charge in [0.15, 0.2) is 17.3 Å². The van der Waals surface area contributed by atoms with E-state index in [0.29, 0.717) is 46.5 Å². The Balaban J connectivity index is 1.62. The minimum atomic E-state index is -0.362. The normalized spacial score (nSPS) is 15.7. The van der Waals surface area contributed by atoms with Gasteiger partial charge in [-0.15, -0.1) is 5.10 Å². The maximum Gasteiger partial charge on any atom is 0.316 e. The summed E-state index contributed by atoms with van der Waals surface area (Å²) in [4.78, 5) is 33.1. The van der Waals surface area contributed by atoms with Gasteiger partial charge in [-0.2, -0.15) is 4.98 Å². The Bertz CT molecular complexity index is 1130. The highest BCUT2D eigenvalue weighted by Crippen LogP contribution is 2.36. The van der Waals surface area contributed by atoms with Crippen LogP contribution in [0.2, 0.25) is 0 Å². The number of carbonyl (C=O) groups excluding carboxylic acids is 2. The number of thioether (sulfide) groups is 1. The molecule has 156 valence electrons. The van der Waals surface area contributed by atoms with E-state index in [1.807, 2.05) is 18.2 Å². The summed E-state index contributed by atoms with van der Waals surface area (Å²) in [6, 6.07) is 5.69.